The third-order valence-electron chi connectivity index (χ3n) is 3.38. The fourth-order valence-electron chi connectivity index (χ4n) is 2.33. The number of aromatic nitrogens is 1. The van der Waals surface area contributed by atoms with Crippen LogP contribution >= 0.6 is 34.8 Å². The van der Waals surface area contributed by atoms with Gasteiger partial charge in [-0.2, -0.15) is 0 Å². The summed E-state index contributed by atoms with van der Waals surface area (Å²) < 4.78 is 0. The highest BCUT2D eigenvalue weighted by molar-refractivity contribution is 6.42. The highest BCUT2D eigenvalue weighted by Gasteiger charge is 2.32. The summed E-state index contributed by atoms with van der Waals surface area (Å²) in [7, 11) is 0. The van der Waals surface area contributed by atoms with Crippen molar-refractivity contribution in [2.45, 2.75) is 37.6 Å². The van der Waals surface area contributed by atoms with Gasteiger partial charge in [-0.1, -0.05) is 54.1 Å². The molecule has 2 rings (SSSR count). The van der Waals surface area contributed by atoms with E-state index in [0.29, 0.717) is 15.9 Å². The van der Waals surface area contributed by atoms with Crippen molar-refractivity contribution < 1.29 is 5.11 Å². The number of aliphatic hydroxyl groups is 1. The Kier molecular flexibility index (Phi) is 4.59. The van der Waals surface area contributed by atoms with Crippen molar-refractivity contribution in [3.05, 3.63) is 21.3 Å². The van der Waals surface area contributed by atoms with Gasteiger partial charge in [0, 0.05) is 0 Å². The van der Waals surface area contributed by atoms with Gasteiger partial charge in [0.05, 0.1) is 22.2 Å². The lowest BCUT2D eigenvalue weighted by atomic mass is 9.82. The Morgan fingerprint density at radius 3 is 2.44 bits per heavy atom. The Morgan fingerprint density at radius 2 is 1.83 bits per heavy atom. The van der Waals surface area contributed by atoms with Gasteiger partial charge in [0.25, 0.3) is 0 Å². The maximum Gasteiger partial charge on any atom is 0.150 e. The first-order valence-corrected chi connectivity index (χ1v) is 7.10. The normalized spacial score (nSPS) is 18.7. The van der Waals surface area contributed by atoms with Crippen molar-refractivity contribution in [1.82, 2.24) is 4.98 Å². The Bertz CT molecular complexity index is 434. The minimum atomic E-state index is -0.341. The summed E-state index contributed by atoms with van der Waals surface area (Å²) in [5, 5.41) is 13.8. The molecule has 2 N–H and O–H groups in total. The Balaban J connectivity index is 2.24. The van der Waals surface area contributed by atoms with E-state index in [0.717, 1.165) is 25.7 Å². The van der Waals surface area contributed by atoms with Crippen molar-refractivity contribution in [2.75, 3.05) is 11.9 Å². The van der Waals surface area contributed by atoms with E-state index in [4.69, 9.17) is 34.8 Å². The van der Waals surface area contributed by atoms with Gasteiger partial charge in [0.15, 0.2) is 0 Å². The van der Waals surface area contributed by atoms with E-state index >= 15 is 0 Å². The molecule has 6 heteroatoms. The molecule has 3 nitrogen and oxygen atoms in total. The Labute approximate surface area is 121 Å². The zero-order valence-electron chi connectivity index (χ0n) is 9.85. The van der Waals surface area contributed by atoms with Gasteiger partial charge >= 0.3 is 0 Å². The average Bonchev–Trinajstić information content (AvgIpc) is 2.37. The molecule has 0 spiro atoms. The molecule has 0 aromatic carbocycles. The number of hydrogen-bond acceptors (Lipinski definition) is 3. The van der Waals surface area contributed by atoms with Crippen LogP contribution in [0.4, 0.5) is 5.82 Å². The van der Waals surface area contributed by atoms with E-state index in [1.165, 1.54) is 6.42 Å². The summed E-state index contributed by atoms with van der Waals surface area (Å²) >= 11 is 17.8. The third-order valence-corrected chi connectivity index (χ3v) is 4.34. The maximum absolute atomic E-state index is 9.63. The molecule has 0 saturated heterocycles. The smallest absolute Gasteiger partial charge is 0.150 e. The number of anilines is 1. The van der Waals surface area contributed by atoms with Crippen LogP contribution in [0.15, 0.2) is 6.07 Å². The van der Waals surface area contributed by atoms with E-state index in [1.807, 2.05) is 0 Å². The van der Waals surface area contributed by atoms with Crippen molar-refractivity contribution in [3.63, 3.8) is 0 Å². The van der Waals surface area contributed by atoms with E-state index in [2.05, 4.69) is 10.3 Å². The number of nitrogens with one attached hydrogen (secondary N) is 1. The Hall–Kier alpha value is -0.220. The van der Waals surface area contributed by atoms with Gasteiger partial charge in [0.2, 0.25) is 0 Å². The fourth-order valence-corrected chi connectivity index (χ4v) is 2.88. The van der Waals surface area contributed by atoms with E-state index in [1.54, 1.807) is 6.07 Å². The highest BCUT2D eigenvalue weighted by atomic mass is 35.5. The first-order chi connectivity index (χ1) is 8.56. The maximum atomic E-state index is 9.63. The molecule has 0 aliphatic heterocycles. The highest BCUT2D eigenvalue weighted by Crippen LogP contribution is 2.35. The predicted molar refractivity (Wildman–Crippen MR) is 75.8 cm³/mol. The zero-order valence-corrected chi connectivity index (χ0v) is 12.1. The quantitative estimate of drug-likeness (QED) is 0.825. The molecular weight excluding hydrogens is 295 g/mol. The molecule has 100 valence electrons. The minimum absolute atomic E-state index is 0.0608. The van der Waals surface area contributed by atoms with Crippen molar-refractivity contribution in [3.8, 4) is 0 Å². The average molecular weight is 310 g/mol. The van der Waals surface area contributed by atoms with Crippen molar-refractivity contribution >= 4 is 40.6 Å². The molecule has 0 unspecified atom stereocenters. The van der Waals surface area contributed by atoms with Crippen LogP contribution in [0.2, 0.25) is 15.2 Å². The monoisotopic (exact) mass is 308 g/mol. The lowest BCUT2D eigenvalue weighted by Gasteiger charge is -2.37. The molecule has 0 radical (unpaired) electrons. The van der Waals surface area contributed by atoms with Crippen molar-refractivity contribution in [2.24, 2.45) is 0 Å². The van der Waals surface area contributed by atoms with Crippen LogP contribution in [0, 0.1) is 0 Å². The number of nitrogens with zero attached hydrogens (tertiary/aromatic N) is 1. The largest absolute Gasteiger partial charge is 0.394 e. The van der Waals surface area contributed by atoms with Gasteiger partial charge in [-0.3, -0.25) is 0 Å². The second-order valence-electron chi connectivity index (χ2n) is 4.72. The molecule has 1 aliphatic carbocycles. The fraction of sp³-hybridized carbons (Fsp3) is 0.583. The van der Waals surface area contributed by atoms with E-state index in [-0.39, 0.29) is 17.3 Å². The second kappa shape index (κ2) is 5.83. The molecular formula is C12H15Cl3N2O. The molecule has 1 saturated carbocycles. The minimum Gasteiger partial charge on any atom is -0.394 e. The van der Waals surface area contributed by atoms with Gasteiger partial charge in [-0.25, -0.2) is 4.98 Å². The van der Waals surface area contributed by atoms with Gasteiger partial charge in [-0.05, 0) is 18.9 Å². The number of halogens is 3. The van der Waals surface area contributed by atoms with Crippen LogP contribution in [0.5, 0.6) is 0 Å². The summed E-state index contributed by atoms with van der Waals surface area (Å²) in [5.41, 5.74) is -0.341. The topological polar surface area (TPSA) is 45.1 Å². The van der Waals surface area contributed by atoms with Crippen LogP contribution in [0.1, 0.15) is 32.1 Å². The SMILES string of the molecule is OCC1(Nc2nc(Cl)c(Cl)cc2Cl)CCCCC1. The summed E-state index contributed by atoms with van der Waals surface area (Å²) in [6.07, 6.45) is 5.19. The number of rotatable bonds is 3. The summed E-state index contributed by atoms with van der Waals surface area (Å²) in [6, 6.07) is 1.56. The zero-order chi connectivity index (χ0) is 13.2. The van der Waals surface area contributed by atoms with Gasteiger partial charge in [-0.15, -0.1) is 0 Å². The number of pyridine rings is 1. The lowest BCUT2D eigenvalue weighted by Crippen LogP contribution is -2.44. The molecule has 1 aromatic rings. The van der Waals surface area contributed by atoms with Gasteiger partial charge < -0.3 is 10.4 Å². The van der Waals surface area contributed by atoms with Gasteiger partial charge in [0.1, 0.15) is 11.0 Å². The van der Waals surface area contributed by atoms with E-state index in [9.17, 15) is 5.11 Å². The molecule has 18 heavy (non-hydrogen) atoms. The number of hydrogen-bond donors (Lipinski definition) is 2. The first kappa shape index (κ1) is 14.2. The van der Waals surface area contributed by atoms with Crippen LogP contribution in [-0.2, 0) is 0 Å². The molecule has 0 atom stereocenters. The van der Waals surface area contributed by atoms with Crippen LogP contribution in [0.3, 0.4) is 0 Å². The summed E-state index contributed by atoms with van der Waals surface area (Å²) in [5.74, 6) is 0.488. The summed E-state index contributed by atoms with van der Waals surface area (Å²) in [6.45, 7) is 0.0608. The third kappa shape index (κ3) is 3.02. The lowest BCUT2D eigenvalue weighted by molar-refractivity contribution is 0.172. The van der Waals surface area contributed by atoms with Crippen LogP contribution in [0.25, 0.3) is 0 Å². The summed E-state index contributed by atoms with van der Waals surface area (Å²) in [4.78, 5) is 4.14. The molecule has 1 fully saturated rings. The van der Waals surface area contributed by atoms with Crippen LogP contribution < -0.4 is 5.32 Å². The molecule has 1 aromatic heterocycles. The standard InChI is InChI=1S/C12H15Cl3N2O/c13-8-6-9(14)11(16-10(8)15)17-12(7-18)4-2-1-3-5-12/h6,18H,1-5,7H2,(H,16,17). The molecule has 0 bridgehead atoms. The molecule has 1 aliphatic rings. The predicted octanol–water partition coefficient (Wildman–Crippen LogP) is 4.15. The van der Waals surface area contributed by atoms with Crippen molar-refractivity contribution in [1.29, 1.82) is 0 Å². The first-order valence-electron chi connectivity index (χ1n) is 5.97. The molecule has 0 amide bonds. The molecule has 1 heterocycles. The second-order valence-corrected chi connectivity index (χ2v) is 5.89. The number of aliphatic hydroxyl groups excluding tert-OH is 1. The Morgan fingerprint density at radius 1 is 1.17 bits per heavy atom. The van der Waals surface area contributed by atoms with E-state index < -0.39 is 0 Å². The van der Waals surface area contributed by atoms with Crippen LogP contribution in [-0.4, -0.2) is 22.2 Å².